The predicted molar refractivity (Wildman–Crippen MR) is 92.7 cm³/mol. The van der Waals surface area contributed by atoms with Crippen molar-refractivity contribution in [1.29, 1.82) is 0 Å². The Bertz CT molecular complexity index is 833. The second kappa shape index (κ2) is 8.41. The van der Waals surface area contributed by atoms with Crippen LogP contribution in [0.4, 0.5) is 5.69 Å². The number of hydrogen-bond donors (Lipinski definition) is 2. The lowest BCUT2D eigenvalue weighted by Crippen LogP contribution is -2.30. The largest absolute Gasteiger partial charge is 0.465 e. The van der Waals surface area contributed by atoms with Crippen LogP contribution in [-0.2, 0) is 19.6 Å². The van der Waals surface area contributed by atoms with Gasteiger partial charge in [0.1, 0.15) is 6.54 Å². The van der Waals surface area contributed by atoms with E-state index in [9.17, 15) is 18.0 Å². The maximum Gasteiger partial charge on any atom is 0.321 e. The third-order valence-corrected chi connectivity index (χ3v) is 4.59. The topological polar surface area (TPSA) is 102 Å². The highest BCUT2D eigenvalue weighted by Crippen LogP contribution is 2.15. The Morgan fingerprint density at radius 3 is 2.24 bits per heavy atom. The predicted octanol–water partition coefficient (Wildman–Crippen LogP) is 1.78. The van der Waals surface area contributed by atoms with Crippen LogP contribution in [0.1, 0.15) is 17.3 Å². The van der Waals surface area contributed by atoms with Crippen LogP contribution >= 0.6 is 0 Å². The summed E-state index contributed by atoms with van der Waals surface area (Å²) in [5, 5.41) is 2.68. The molecule has 0 unspecified atom stereocenters. The van der Waals surface area contributed by atoms with Gasteiger partial charge in [-0.3, -0.25) is 9.59 Å². The molecule has 0 saturated heterocycles. The van der Waals surface area contributed by atoms with Gasteiger partial charge in [0.2, 0.25) is 10.0 Å². The molecule has 7 nitrogen and oxygen atoms in total. The Morgan fingerprint density at radius 1 is 1.00 bits per heavy atom. The number of esters is 1. The van der Waals surface area contributed by atoms with Gasteiger partial charge in [-0.1, -0.05) is 18.2 Å². The highest BCUT2D eigenvalue weighted by Gasteiger charge is 2.16. The molecule has 0 aromatic heterocycles. The van der Waals surface area contributed by atoms with E-state index in [1.807, 2.05) is 0 Å². The van der Waals surface area contributed by atoms with Crippen LogP contribution in [-0.4, -0.2) is 33.4 Å². The molecule has 0 radical (unpaired) electrons. The van der Waals surface area contributed by atoms with Crippen LogP contribution in [0.5, 0.6) is 0 Å². The van der Waals surface area contributed by atoms with Crippen LogP contribution in [0.25, 0.3) is 0 Å². The molecular formula is C17H18N2O5S. The second-order valence-corrected chi connectivity index (χ2v) is 6.74. The summed E-state index contributed by atoms with van der Waals surface area (Å²) in [7, 11) is -3.83. The molecule has 0 aliphatic heterocycles. The van der Waals surface area contributed by atoms with Gasteiger partial charge in [-0.25, -0.2) is 8.42 Å². The highest BCUT2D eigenvalue weighted by atomic mass is 32.2. The van der Waals surface area contributed by atoms with E-state index in [4.69, 9.17) is 0 Å². The zero-order chi connectivity index (χ0) is 18.3. The van der Waals surface area contributed by atoms with Gasteiger partial charge >= 0.3 is 5.97 Å². The number of rotatable bonds is 7. The van der Waals surface area contributed by atoms with Gasteiger partial charge < -0.3 is 10.1 Å². The molecule has 2 aromatic rings. The lowest BCUT2D eigenvalue weighted by molar-refractivity contribution is -0.141. The van der Waals surface area contributed by atoms with Crippen molar-refractivity contribution < 1.29 is 22.7 Å². The standard InChI is InChI=1S/C17H18N2O5S/c1-2-24-16(20)12-18-25(22,23)15-10-8-14(9-11-15)19-17(21)13-6-4-3-5-7-13/h3-11,18H,2,12H2,1H3,(H,19,21). The van der Waals surface area contributed by atoms with Crippen molar-refractivity contribution in [3.05, 3.63) is 60.2 Å². The van der Waals surface area contributed by atoms with Crippen molar-refractivity contribution in [3.63, 3.8) is 0 Å². The number of amides is 1. The molecule has 0 saturated carbocycles. The summed E-state index contributed by atoms with van der Waals surface area (Å²) in [6, 6.07) is 14.3. The third kappa shape index (κ3) is 5.40. The number of carbonyl (C=O) groups is 2. The van der Waals surface area contributed by atoms with Gasteiger partial charge in [0.25, 0.3) is 5.91 Å². The van der Waals surface area contributed by atoms with E-state index in [1.54, 1.807) is 37.3 Å². The number of sulfonamides is 1. The van der Waals surface area contributed by atoms with Crippen molar-refractivity contribution in [2.75, 3.05) is 18.5 Å². The molecule has 2 N–H and O–H groups in total. The summed E-state index contributed by atoms with van der Waals surface area (Å²) >= 11 is 0. The van der Waals surface area contributed by atoms with Crippen molar-refractivity contribution in [3.8, 4) is 0 Å². The maximum absolute atomic E-state index is 12.1. The van der Waals surface area contributed by atoms with E-state index in [0.29, 0.717) is 11.3 Å². The minimum atomic E-state index is -3.83. The van der Waals surface area contributed by atoms with E-state index >= 15 is 0 Å². The first-order chi connectivity index (χ1) is 11.9. The summed E-state index contributed by atoms with van der Waals surface area (Å²) in [6.45, 7) is 1.37. The molecule has 0 aliphatic rings. The average Bonchev–Trinajstić information content (AvgIpc) is 2.61. The lowest BCUT2D eigenvalue weighted by Gasteiger charge is -2.08. The Hall–Kier alpha value is -2.71. The Balaban J connectivity index is 2.01. The number of ether oxygens (including phenoxy) is 1. The Morgan fingerprint density at radius 2 is 1.64 bits per heavy atom. The van der Waals surface area contributed by atoms with Crippen molar-refractivity contribution in [2.24, 2.45) is 0 Å². The third-order valence-electron chi connectivity index (χ3n) is 3.17. The van der Waals surface area contributed by atoms with E-state index in [1.165, 1.54) is 24.3 Å². The number of carbonyl (C=O) groups excluding carboxylic acids is 2. The molecule has 8 heteroatoms. The molecule has 0 bridgehead atoms. The molecule has 2 rings (SSSR count). The monoisotopic (exact) mass is 362 g/mol. The van der Waals surface area contributed by atoms with Crippen molar-refractivity contribution >= 4 is 27.6 Å². The number of nitrogens with one attached hydrogen (secondary N) is 2. The fourth-order valence-electron chi connectivity index (χ4n) is 1.96. The minimum Gasteiger partial charge on any atom is -0.465 e. The average molecular weight is 362 g/mol. The smallest absolute Gasteiger partial charge is 0.321 e. The molecule has 0 aliphatic carbocycles. The van der Waals surface area contributed by atoms with Gasteiger partial charge in [0.15, 0.2) is 0 Å². The summed E-state index contributed by atoms with van der Waals surface area (Å²) in [4.78, 5) is 23.3. The number of benzene rings is 2. The molecule has 2 aromatic carbocycles. The first-order valence-corrected chi connectivity index (χ1v) is 9.02. The lowest BCUT2D eigenvalue weighted by atomic mass is 10.2. The maximum atomic E-state index is 12.1. The minimum absolute atomic E-state index is 0.0190. The van der Waals surface area contributed by atoms with Crippen LogP contribution in [0, 0.1) is 0 Å². The summed E-state index contributed by atoms with van der Waals surface area (Å²) in [6.07, 6.45) is 0. The van der Waals surface area contributed by atoms with E-state index in [-0.39, 0.29) is 17.4 Å². The van der Waals surface area contributed by atoms with E-state index in [0.717, 1.165) is 0 Å². The van der Waals surface area contributed by atoms with Crippen LogP contribution in [0.2, 0.25) is 0 Å². The van der Waals surface area contributed by atoms with Crippen LogP contribution in [0.15, 0.2) is 59.5 Å². The molecule has 0 heterocycles. The van der Waals surface area contributed by atoms with Gasteiger partial charge in [0, 0.05) is 11.3 Å². The Kier molecular flexibility index (Phi) is 6.26. The van der Waals surface area contributed by atoms with Gasteiger partial charge in [-0.05, 0) is 43.3 Å². The molecule has 0 atom stereocenters. The fourth-order valence-corrected chi connectivity index (χ4v) is 2.93. The first kappa shape index (κ1) is 18.6. The molecular weight excluding hydrogens is 344 g/mol. The molecule has 132 valence electrons. The van der Waals surface area contributed by atoms with E-state index in [2.05, 4.69) is 14.8 Å². The number of anilines is 1. The van der Waals surface area contributed by atoms with Crippen molar-refractivity contribution in [2.45, 2.75) is 11.8 Å². The zero-order valence-electron chi connectivity index (χ0n) is 13.6. The summed E-state index contributed by atoms with van der Waals surface area (Å²) in [5.74, 6) is -0.950. The first-order valence-electron chi connectivity index (χ1n) is 7.54. The van der Waals surface area contributed by atoms with E-state index < -0.39 is 22.5 Å². The highest BCUT2D eigenvalue weighted by molar-refractivity contribution is 7.89. The SMILES string of the molecule is CCOC(=O)CNS(=O)(=O)c1ccc(NC(=O)c2ccccc2)cc1. The molecule has 0 fully saturated rings. The molecule has 1 amide bonds. The molecule has 0 spiro atoms. The van der Waals surface area contributed by atoms with Gasteiger partial charge in [-0.2, -0.15) is 4.72 Å². The quantitative estimate of drug-likeness (QED) is 0.731. The van der Waals surface area contributed by atoms with Crippen LogP contribution in [0.3, 0.4) is 0 Å². The van der Waals surface area contributed by atoms with Crippen molar-refractivity contribution in [1.82, 2.24) is 4.72 Å². The number of hydrogen-bond acceptors (Lipinski definition) is 5. The van der Waals surface area contributed by atoms with Gasteiger partial charge in [0.05, 0.1) is 11.5 Å². The fraction of sp³-hybridized carbons (Fsp3) is 0.176. The zero-order valence-corrected chi connectivity index (χ0v) is 14.4. The molecule has 25 heavy (non-hydrogen) atoms. The summed E-state index contributed by atoms with van der Waals surface area (Å²) in [5.41, 5.74) is 0.952. The normalized spacial score (nSPS) is 10.9. The summed E-state index contributed by atoms with van der Waals surface area (Å²) < 4.78 is 31.0. The second-order valence-electron chi connectivity index (χ2n) is 4.97. The van der Waals surface area contributed by atoms with Gasteiger partial charge in [-0.15, -0.1) is 0 Å². The van der Waals surface area contributed by atoms with Crippen LogP contribution < -0.4 is 10.0 Å². The Labute approximate surface area is 146 Å².